The third-order valence-corrected chi connectivity index (χ3v) is 5.12. The van der Waals surface area contributed by atoms with Crippen LogP contribution in [0.1, 0.15) is 10.4 Å². The van der Waals surface area contributed by atoms with Crippen LogP contribution in [0.15, 0.2) is 22.0 Å². The number of pyridine rings is 1. The van der Waals surface area contributed by atoms with E-state index in [1.807, 2.05) is 18.2 Å². The molecule has 0 radical (unpaired) electrons. The maximum Gasteiger partial charge on any atom is 0.341 e. The zero-order valence-electron chi connectivity index (χ0n) is 13.4. The van der Waals surface area contributed by atoms with Crippen LogP contribution >= 0.6 is 11.8 Å². The van der Waals surface area contributed by atoms with E-state index in [4.69, 9.17) is 5.11 Å². The fourth-order valence-corrected chi connectivity index (χ4v) is 3.77. The van der Waals surface area contributed by atoms with Crippen LogP contribution in [-0.4, -0.2) is 60.4 Å². The van der Waals surface area contributed by atoms with Crippen molar-refractivity contribution in [1.29, 1.82) is 0 Å². The number of hydrogen-bond acceptors (Lipinski definition) is 5. The van der Waals surface area contributed by atoms with Crippen LogP contribution in [0.2, 0.25) is 0 Å². The number of thioether (sulfide) groups is 1. The van der Waals surface area contributed by atoms with Gasteiger partial charge < -0.3 is 19.9 Å². The summed E-state index contributed by atoms with van der Waals surface area (Å²) in [6.07, 6.45) is 3.00. The van der Waals surface area contributed by atoms with Crippen molar-refractivity contribution in [3.8, 4) is 0 Å². The van der Waals surface area contributed by atoms with Gasteiger partial charge in [0.1, 0.15) is 11.4 Å². The van der Waals surface area contributed by atoms with Crippen LogP contribution in [0.3, 0.4) is 0 Å². The number of likely N-dealkylation sites (N-methyl/N-ethyl adjacent to an activating group) is 1. The van der Waals surface area contributed by atoms with E-state index >= 15 is 0 Å². The van der Waals surface area contributed by atoms with Gasteiger partial charge in [-0.15, -0.1) is 11.8 Å². The monoisotopic (exact) mass is 351 g/mol. The zero-order valence-corrected chi connectivity index (χ0v) is 14.2. The van der Waals surface area contributed by atoms with Crippen molar-refractivity contribution in [3.63, 3.8) is 0 Å². The summed E-state index contributed by atoms with van der Waals surface area (Å²) in [6.45, 7) is 3.06. The molecule has 0 amide bonds. The minimum Gasteiger partial charge on any atom is -0.477 e. The number of carboxylic acids is 1. The topological polar surface area (TPSA) is 76.6 Å². The zero-order chi connectivity index (χ0) is 17.4. The van der Waals surface area contributed by atoms with Crippen molar-refractivity contribution >= 4 is 34.3 Å². The summed E-state index contributed by atoms with van der Waals surface area (Å²) < 4.78 is 14.8. The predicted molar refractivity (Wildman–Crippen MR) is 93.0 cm³/mol. The van der Waals surface area contributed by atoms with E-state index in [1.165, 1.54) is 18.0 Å². The number of carboxylic acid groups (broad SMARTS) is 1. The summed E-state index contributed by atoms with van der Waals surface area (Å²) in [5.74, 6) is -1.82. The van der Waals surface area contributed by atoms with E-state index in [9.17, 15) is 14.0 Å². The maximum absolute atomic E-state index is 14.8. The molecule has 3 rings (SSSR count). The Labute approximate surface area is 142 Å². The van der Waals surface area contributed by atoms with Gasteiger partial charge in [-0.05, 0) is 19.4 Å². The van der Waals surface area contributed by atoms with E-state index in [1.54, 1.807) is 0 Å². The summed E-state index contributed by atoms with van der Waals surface area (Å²) in [6, 6.07) is 1.15. The lowest BCUT2D eigenvalue weighted by molar-refractivity contribution is 0.0695. The first-order valence-corrected chi connectivity index (χ1v) is 8.75. The molecule has 2 aromatic rings. The molecule has 0 atom stereocenters. The molecule has 2 heterocycles. The molecule has 1 aliphatic heterocycles. The molecule has 0 unspecified atom stereocenters. The van der Waals surface area contributed by atoms with Gasteiger partial charge in [0.15, 0.2) is 0 Å². The molecule has 0 saturated carbocycles. The van der Waals surface area contributed by atoms with Crippen LogP contribution in [0.5, 0.6) is 0 Å². The number of piperazine rings is 1. The molecule has 24 heavy (non-hydrogen) atoms. The number of benzene rings is 1. The third-order valence-electron chi connectivity index (χ3n) is 4.31. The first-order chi connectivity index (χ1) is 11.4. The Morgan fingerprint density at radius 3 is 2.58 bits per heavy atom. The molecule has 8 heteroatoms. The number of nitrogens with one attached hydrogen (secondary N) is 1. The molecule has 1 saturated heterocycles. The van der Waals surface area contributed by atoms with Gasteiger partial charge >= 0.3 is 5.97 Å². The molecule has 0 aliphatic carbocycles. The van der Waals surface area contributed by atoms with Crippen molar-refractivity contribution in [1.82, 2.24) is 9.88 Å². The Bertz CT molecular complexity index is 860. The van der Waals surface area contributed by atoms with Crippen molar-refractivity contribution in [2.24, 2.45) is 0 Å². The number of rotatable bonds is 3. The van der Waals surface area contributed by atoms with Crippen molar-refractivity contribution in [2.75, 3.05) is 44.4 Å². The molecule has 2 N–H and O–H groups in total. The second kappa shape index (κ2) is 6.45. The molecule has 1 fully saturated rings. The highest BCUT2D eigenvalue weighted by Crippen LogP contribution is 2.37. The number of nitrogens with zero attached hydrogens (tertiary/aromatic N) is 2. The van der Waals surface area contributed by atoms with Gasteiger partial charge in [0.05, 0.1) is 21.5 Å². The fraction of sp³-hybridized carbons (Fsp3) is 0.375. The number of aromatic nitrogens is 1. The molecule has 0 spiro atoms. The molecule has 1 aliphatic rings. The second-order valence-corrected chi connectivity index (χ2v) is 6.61. The second-order valence-electron chi connectivity index (χ2n) is 5.79. The first-order valence-electron chi connectivity index (χ1n) is 7.52. The quantitative estimate of drug-likeness (QED) is 0.822. The highest BCUT2D eigenvalue weighted by Gasteiger charge is 2.24. The third kappa shape index (κ3) is 2.76. The number of H-pyrrole nitrogens is 1. The average Bonchev–Trinajstić information content (AvgIpc) is 2.55. The van der Waals surface area contributed by atoms with Gasteiger partial charge in [-0.1, -0.05) is 0 Å². The number of fused-ring (bicyclic) bond motifs is 1. The fourth-order valence-electron chi connectivity index (χ4n) is 2.98. The van der Waals surface area contributed by atoms with Gasteiger partial charge in [-0.25, -0.2) is 9.18 Å². The molecule has 6 nitrogen and oxygen atoms in total. The van der Waals surface area contributed by atoms with Crippen molar-refractivity contribution < 1.29 is 14.3 Å². The van der Waals surface area contributed by atoms with Gasteiger partial charge in [-0.2, -0.15) is 0 Å². The molecular weight excluding hydrogens is 333 g/mol. The minimum absolute atomic E-state index is 0.0645. The normalized spacial score (nSPS) is 15.9. The summed E-state index contributed by atoms with van der Waals surface area (Å²) in [4.78, 5) is 31.1. The number of aromatic amines is 1. The number of hydrogen-bond donors (Lipinski definition) is 2. The van der Waals surface area contributed by atoms with Crippen LogP contribution < -0.4 is 10.3 Å². The minimum atomic E-state index is -1.33. The van der Waals surface area contributed by atoms with Gasteiger partial charge in [0.2, 0.25) is 5.43 Å². The Morgan fingerprint density at radius 1 is 1.33 bits per heavy atom. The lowest BCUT2D eigenvalue weighted by Gasteiger charge is -2.35. The summed E-state index contributed by atoms with van der Waals surface area (Å²) in [5.41, 5.74) is -0.105. The van der Waals surface area contributed by atoms with Crippen molar-refractivity contribution in [3.05, 3.63) is 33.9 Å². The Balaban J connectivity index is 2.21. The van der Waals surface area contributed by atoms with Gasteiger partial charge in [0, 0.05) is 32.4 Å². The Morgan fingerprint density at radius 2 is 2.00 bits per heavy atom. The van der Waals surface area contributed by atoms with Gasteiger partial charge in [-0.3, -0.25) is 4.79 Å². The summed E-state index contributed by atoms with van der Waals surface area (Å²) in [7, 11) is 2.02. The van der Waals surface area contributed by atoms with Crippen LogP contribution in [0.25, 0.3) is 10.9 Å². The lowest BCUT2D eigenvalue weighted by Crippen LogP contribution is -2.45. The Hall–Kier alpha value is -2.06. The lowest BCUT2D eigenvalue weighted by atomic mass is 10.1. The number of aromatic carboxylic acids is 1. The molecular formula is C16H18FN3O3S. The van der Waals surface area contributed by atoms with E-state index in [-0.39, 0.29) is 10.9 Å². The Kier molecular flexibility index (Phi) is 4.51. The molecule has 128 valence electrons. The first kappa shape index (κ1) is 16.8. The van der Waals surface area contributed by atoms with E-state index < -0.39 is 17.2 Å². The van der Waals surface area contributed by atoms with Crippen LogP contribution in [0.4, 0.5) is 10.1 Å². The SMILES string of the molecule is CSc1c(N2CCN(C)CC2)c(F)cc2c(=O)c(C(=O)O)c[nH]c12. The predicted octanol–water partition coefficient (Wildman–Crippen LogP) is 1.84. The van der Waals surface area contributed by atoms with E-state index in [0.717, 1.165) is 19.2 Å². The highest BCUT2D eigenvalue weighted by molar-refractivity contribution is 7.99. The smallest absolute Gasteiger partial charge is 0.341 e. The van der Waals surface area contributed by atoms with E-state index in [0.29, 0.717) is 29.2 Å². The number of halogens is 1. The average molecular weight is 351 g/mol. The molecule has 0 bridgehead atoms. The number of anilines is 1. The van der Waals surface area contributed by atoms with Gasteiger partial charge in [0.25, 0.3) is 0 Å². The largest absolute Gasteiger partial charge is 0.477 e. The number of carbonyl (C=O) groups is 1. The molecule has 1 aromatic heterocycles. The van der Waals surface area contributed by atoms with Crippen molar-refractivity contribution in [2.45, 2.75) is 4.90 Å². The molecule has 1 aromatic carbocycles. The van der Waals surface area contributed by atoms with Crippen LogP contribution in [0, 0.1) is 5.82 Å². The van der Waals surface area contributed by atoms with E-state index in [2.05, 4.69) is 9.88 Å². The maximum atomic E-state index is 14.8. The highest BCUT2D eigenvalue weighted by atomic mass is 32.2. The summed E-state index contributed by atoms with van der Waals surface area (Å²) in [5, 5.41) is 9.14. The standard InChI is InChI=1S/C16H18FN3O3S/c1-19-3-5-20(6-4-19)13-11(17)7-9-12(15(13)24-2)18-8-10(14(9)21)16(22)23/h7-8H,3-6H2,1-2H3,(H,18,21)(H,22,23). The summed E-state index contributed by atoms with van der Waals surface area (Å²) >= 11 is 1.34. The van der Waals surface area contributed by atoms with Crippen LogP contribution in [-0.2, 0) is 0 Å².